The smallest absolute Gasteiger partial charge is 0.340 e. The van der Waals surface area contributed by atoms with Crippen LogP contribution in [0.2, 0.25) is 0 Å². The van der Waals surface area contributed by atoms with Gasteiger partial charge in [0.15, 0.2) is 6.10 Å². The molecule has 0 N–H and O–H groups in total. The van der Waals surface area contributed by atoms with Crippen LogP contribution < -0.4 is 0 Å². The number of aromatic nitrogens is 1. The average molecular weight is 382 g/mol. The number of pyridine rings is 1. The number of hydrogen-bond acceptors (Lipinski definition) is 4. The van der Waals surface area contributed by atoms with Crippen LogP contribution in [0.1, 0.15) is 47.4 Å². The van der Waals surface area contributed by atoms with E-state index in [-0.39, 0.29) is 0 Å². The summed E-state index contributed by atoms with van der Waals surface area (Å²) in [5.74, 6) is -0.0811. The number of fused-ring (bicyclic) bond motifs is 2. The molecule has 4 heteroatoms. The van der Waals surface area contributed by atoms with E-state index in [9.17, 15) is 4.79 Å². The summed E-state index contributed by atoms with van der Waals surface area (Å²) in [6, 6.07) is 19.8. The number of nitrogens with zero attached hydrogens (tertiary/aromatic N) is 2. The van der Waals surface area contributed by atoms with Gasteiger partial charge in [0, 0.05) is 5.39 Å². The van der Waals surface area contributed by atoms with Gasteiger partial charge in [-0.15, -0.1) is 0 Å². The van der Waals surface area contributed by atoms with Gasteiger partial charge >= 0.3 is 5.97 Å². The van der Waals surface area contributed by atoms with E-state index in [0.29, 0.717) is 11.5 Å². The van der Waals surface area contributed by atoms with E-state index in [1.807, 2.05) is 48.5 Å². The monoisotopic (exact) mass is 382 g/mol. The van der Waals surface area contributed by atoms with Gasteiger partial charge in [0.25, 0.3) is 0 Å². The summed E-state index contributed by atoms with van der Waals surface area (Å²) >= 11 is 0. The molecule has 0 amide bonds. The molecule has 1 aliphatic carbocycles. The molecule has 0 fully saturated rings. The molecule has 2 aromatic carbocycles. The lowest BCUT2D eigenvalue weighted by atomic mass is 9.80. The second kappa shape index (κ2) is 7.89. The first kappa shape index (κ1) is 18.9. The Morgan fingerprint density at radius 3 is 2.66 bits per heavy atom. The molecule has 4 rings (SSSR count). The zero-order valence-electron chi connectivity index (χ0n) is 16.6. The number of hydrogen-bond donors (Lipinski definition) is 0. The Labute approximate surface area is 170 Å². The SMILES string of the molecule is CC1CC(=Cc2ccccc2)c2nc3ccccc3c(C(=O)OC(C)C#N)c2C1. The van der Waals surface area contributed by atoms with E-state index in [0.717, 1.165) is 46.1 Å². The second-order valence-electron chi connectivity index (χ2n) is 7.60. The number of ether oxygens (including phenoxy) is 1. The average Bonchev–Trinajstić information content (AvgIpc) is 2.72. The fourth-order valence-electron chi connectivity index (χ4n) is 3.97. The minimum atomic E-state index is -0.801. The minimum Gasteiger partial charge on any atom is -0.444 e. The Hall–Kier alpha value is -3.45. The summed E-state index contributed by atoms with van der Waals surface area (Å²) in [4.78, 5) is 18.0. The maximum atomic E-state index is 13.1. The van der Waals surface area contributed by atoms with E-state index in [1.165, 1.54) is 0 Å². The maximum Gasteiger partial charge on any atom is 0.340 e. The van der Waals surface area contributed by atoms with Crippen LogP contribution in [-0.2, 0) is 11.2 Å². The molecule has 0 spiro atoms. The third kappa shape index (κ3) is 3.77. The van der Waals surface area contributed by atoms with Crippen LogP contribution in [0.3, 0.4) is 0 Å². The highest BCUT2D eigenvalue weighted by Crippen LogP contribution is 2.38. The number of carbonyl (C=O) groups excluding carboxylic acids is 1. The molecule has 0 aliphatic heterocycles. The van der Waals surface area contributed by atoms with Crippen LogP contribution in [0.5, 0.6) is 0 Å². The molecule has 2 atom stereocenters. The Kier molecular flexibility index (Phi) is 5.14. The highest BCUT2D eigenvalue weighted by atomic mass is 16.5. The summed E-state index contributed by atoms with van der Waals surface area (Å²) < 4.78 is 5.40. The summed E-state index contributed by atoms with van der Waals surface area (Å²) in [5, 5.41) is 9.85. The predicted octanol–water partition coefficient (Wildman–Crippen LogP) is 5.43. The normalized spacial score (nSPS) is 18.1. The van der Waals surface area contributed by atoms with Gasteiger partial charge < -0.3 is 4.74 Å². The molecule has 3 aromatic rings. The van der Waals surface area contributed by atoms with Crippen molar-refractivity contribution >= 4 is 28.5 Å². The molecular weight excluding hydrogens is 360 g/mol. The van der Waals surface area contributed by atoms with Crippen molar-refractivity contribution in [3.05, 3.63) is 77.0 Å². The van der Waals surface area contributed by atoms with Crippen molar-refractivity contribution in [1.29, 1.82) is 5.26 Å². The van der Waals surface area contributed by atoms with E-state index >= 15 is 0 Å². The van der Waals surface area contributed by atoms with Gasteiger partial charge in [0.2, 0.25) is 0 Å². The fourth-order valence-corrected chi connectivity index (χ4v) is 3.97. The number of carbonyl (C=O) groups is 1. The van der Waals surface area contributed by atoms with Crippen molar-refractivity contribution in [2.24, 2.45) is 5.92 Å². The Morgan fingerprint density at radius 1 is 1.17 bits per heavy atom. The standard InChI is InChI=1S/C25H22N2O2/c1-16-12-19(14-18-8-4-3-5-9-18)24-21(13-16)23(25(28)29-17(2)15-26)20-10-6-7-11-22(20)27-24/h3-11,14,16-17H,12-13H2,1-2H3. The van der Waals surface area contributed by atoms with Crippen LogP contribution in [0.15, 0.2) is 54.6 Å². The van der Waals surface area contributed by atoms with Gasteiger partial charge in [0.1, 0.15) is 6.07 Å². The lowest BCUT2D eigenvalue weighted by Crippen LogP contribution is -2.21. The highest BCUT2D eigenvalue weighted by Gasteiger charge is 2.29. The first-order chi connectivity index (χ1) is 14.1. The number of nitriles is 1. The number of para-hydroxylation sites is 1. The summed E-state index contributed by atoms with van der Waals surface area (Å²) in [6.07, 6.45) is 3.01. The third-order valence-corrected chi connectivity index (χ3v) is 5.23. The Balaban J connectivity index is 1.94. The van der Waals surface area contributed by atoms with Gasteiger partial charge in [-0.3, -0.25) is 0 Å². The van der Waals surface area contributed by atoms with Crippen molar-refractivity contribution in [2.45, 2.75) is 32.8 Å². The first-order valence-electron chi connectivity index (χ1n) is 9.85. The predicted molar refractivity (Wildman–Crippen MR) is 114 cm³/mol. The highest BCUT2D eigenvalue weighted by molar-refractivity contribution is 6.06. The van der Waals surface area contributed by atoms with Crippen LogP contribution >= 0.6 is 0 Å². The van der Waals surface area contributed by atoms with Crippen molar-refractivity contribution in [3.8, 4) is 6.07 Å². The molecule has 0 saturated carbocycles. The number of rotatable bonds is 3. The van der Waals surface area contributed by atoms with Gasteiger partial charge in [-0.05, 0) is 54.5 Å². The van der Waals surface area contributed by atoms with Crippen LogP contribution in [0.25, 0.3) is 22.6 Å². The van der Waals surface area contributed by atoms with Crippen molar-refractivity contribution < 1.29 is 9.53 Å². The minimum absolute atomic E-state index is 0.375. The molecule has 2 unspecified atom stereocenters. The summed E-state index contributed by atoms with van der Waals surface area (Å²) in [7, 11) is 0. The molecule has 1 heterocycles. The van der Waals surface area contributed by atoms with Gasteiger partial charge in [-0.2, -0.15) is 5.26 Å². The van der Waals surface area contributed by atoms with Gasteiger partial charge in [-0.1, -0.05) is 55.5 Å². The fraction of sp³-hybridized carbons (Fsp3) is 0.240. The Morgan fingerprint density at radius 2 is 1.90 bits per heavy atom. The summed E-state index contributed by atoms with van der Waals surface area (Å²) in [6.45, 7) is 3.76. The molecule has 4 nitrogen and oxygen atoms in total. The van der Waals surface area contributed by atoms with Crippen molar-refractivity contribution in [3.63, 3.8) is 0 Å². The van der Waals surface area contributed by atoms with Crippen molar-refractivity contribution in [2.75, 3.05) is 0 Å². The molecule has 0 bridgehead atoms. The molecule has 29 heavy (non-hydrogen) atoms. The molecule has 0 saturated heterocycles. The molecule has 1 aromatic heterocycles. The van der Waals surface area contributed by atoms with Gasteiger partial charge in [0.05, 0.1) is 16.8 Å². The van der Waals surface area contributed by atoms with E-state index in [2.05, 4.69) is 25.1 Å². The topological polar surface area (TPSA) is 63.0 Å². The van der Waals surface area contributed by atoms with Crippen LogP contribution in [0, 0.1) is 17.2 Å². The summed E-state index contributed by atoms with van der Waals surface area (Å²) in [5.41, 5.74) is 5.31. The van der Waals surface area contributed by atoms with Crippen LogP contribution in [-0.4, -0.2) is 17.1 Å². The number of esters is 1. The molecule has 0 radical (unpaired) electrons. The molecule has 144 valence electrons. The zero-order chi connectivity index (χ0) is 20.4. The first-order valence-corrected chi connectivity index (χ1v) is 9.85. The molecular formula is C25H22N2O2. The molecule has 1 aliphatic rings. The Bertz CT molecular complexity index is 1140. The lowest BCUT2D eigenvalue weighted by molar-refractivity contribution is 0.0436. The van der Waals surface area contributed by atoms with Crippen molar-refractivity contribution in [1.82, 2.24) is 4.98 Å². The number of benzene rings is 2. The zero-order valence-corrected chi connectivity index (χ0v) is 16.6. The van der Waals surface area contributed by atoms with Gasteiger partial charge in [-0.25, -0.2) is 9.78 Å². The van der Waals surface area contributed by atoms with E-state index in [4.69, 9.17) is 15.0 Å². The lowest BCUT2D eigenvalue weighted by Gasteiger charge is -2.26. The second-order valence-corrected chi connectivity index (χ2v) is 7.60. The third-order valence-electron chi connectivity index (χ3n) is 5.23. The van der Waals surface area contributed by atoms with E-state index < -0.39 is 12.1 Å². The maximum absolute atomic E-state index is 13.1. The number of allylic oxidation sites excluding steroid dienone is 1. The van der Waals surface area contributed by atoms with E-state index in [1.54, 1.807) is 6.92 Å². The quantitative estimate of drug-likeness (QED) is 0.567. The van der Waals surface area contributed by atoms with Crippen LogP contribution in [0.4, 0.5) is 0 Å². The largest absolute Gasteiger partial charge is 0.444 e.